The van der Waals surface area contributed by atoms with Crippen molar-refractivity contribution in [3.8, 4) is 5.75 Å². The van der Waals surface area contributed by atoms with E-state index in [0.29, 0.717) is 5.69 Å². The van der Waals surface area contributed by atoms with Gasteiger partial charge in [0.15, 0.2) is 6.61 Å². The first-order valence-electron chi connectivity index (χ1n) is 9.43. The van der Waals surface area contributed by atoms with Crippen LogP contribution in [-0.4, -0.2) is 33.5 Å². The number of hydrogen-bond acceptors (Lipinski definition) is 6. The third-order valence-electron chi connectivity index (χ3n) is 4.12. The molecule has 172 valence electrons. The van der Waals surface area contributed by atoms with E-state index in [9.17, 15) is 26.8 Å². The van der Waals surface area contributed by atoms with Crippen molar-refractivity contribution in [2.24, 2.45) is 0 Å². The summed E-state index contributed by atoms with van der Waals surface area (Å²) in [7, 11) is -3.84. The summed E-state index contributed by atoms with van der Waals surface area (Å²) >= 11 is 0. The number of esters is 1. The molecule has 8 nitrogen and oxygen atoms in total. The minimum Gasteiger partial charge on any atom is -0.452 e. The van der Waals surface area contributed by atoms with E-state index in [2.05, 4.69) is 14.8 Å². The van der Waals surface area contributed by atoms with Crippen LogP contribution in [0, 0.1) is 0 Å². The van der Waals surface area contributed by atoms with E-state index in [-0.39, 0.29) is 21.9 Å². The summed E-state index contributed by atoms with van der Waals surface area (Å²) in [5.41, 5.74) is 0.733. The fraction of sp³-hybridized carbons (Fsp3) is 0.0909. The van der Waals surface area contributed by atoms with Crippen LogP contribution in [0.15, 0.2) is 83.8 Å². The molecule has 1 amide bonds. The summed E-state index contributed by atoms with van der Waals surface area (Å²) in [6.45, 7) is -3.57. The fourth-order valence-electron chi connectivity index (χ4n) is 2.62. The number of rotatable bonds is 9. The normalized spacial score (nSPS) is 11.0. The number of sulfonamides is 1. The van der Waals surface area contributed by atoms with Crippen molar-refractivity contribution in [3.05, 3.63) is 84.4 Å². The van der Waals surface area contributed by atoms with Gasteiger partial charge in [-0.1, -0.05) is 18.2 Å². The lowest BCUT2D eigenvalue weighted by Crippen LogP contribution is -2.21. The Morgan fingerprint density at radius 1 is 0.848 bits per heavy atom. The van der Waals surface area contributed by atoms with Gasteiger partial charge >= 0.3 is 12.6 Å². The van der Waals surface area contributed by atoms with Gasteiger partial charge < -0.3 is 14.8 Å². The van der Waals surface area contributed by atoms with Crippen LogP contribution in [0.3, 0.4) is 0 Å². The lowest BCUT2D eigenvalue weighted by Gasteiger charge is -2.09. The quantitative estimate of drug-likeness (QED) is 0.454. The van der Waals surface area contributed by atoms with Gasteiger partial charge in [0.1, 0.15) is 5.75 Å². The van der Waals surface area contributed by atoms with Crippen molar-refractivity contribution in [1.29, 1.82) is 0 Å². The maximum Gasteiger partial charge on any atom is 0.387 e. The minimum absolute atomic E-state index is 0.0509. The number of carbonyl (C=O) groups is 2. The molecule has 0 aliphatic rings. The number of nitrogens with one attached hydrogen (secondary N) is 2. The van der Waals surface area contributed by atoms with Gasteiger partial charge in [-0.05, 0) is 60.7 Å². The second kappa shape index (κ2) is 10.6. The van der Waals surface area contributed by atoms with Crippen LogP contribution in [0.1, 0.15) is 10.4 Å². The summed E-state index contributed by atoms with van der Waals surface area (Å²) in [5.74, 6) is -1.55. The number of halogens is 2. The molecule has 0 aliphatic heterocycles. The van der Waals surface area contributed by atoms with E-state index in [4.69, 9.17) is 4.74 Å². The number of ether oxygens (including phenoxy) is 2. The van der Waals surface area contributed by atoms with E-state index in [0.717, 1.165) is 0 Å². The van der Waals surface area contributed by atoms with Crippen molar-refractivity contribution in [2.45, 2.75) is 11.5 Å². The molecule has 0 radical (unpaired) electrons. The van der Waals surface area contributed by atoms with Crippen LogP contribution in [0.25, 0.3) is 0 Å². The van der Waals surface area contributed by atoms with Gasteiger partial charge in [0.25, 0.3) is 15.9 Å². The second-order valence-electron chi connectivity index (χ2n) is 6.52. The maximum absolute atomic E-state index is 12.4. The Bertz CT molecular complexity index is 1200. The summed E-state index contributed by atoms with van der Waals surface area (Å²) in [6, 6.07) is 18.5. The number of alkyl halides is 2. The molecule has 3 aromatic rings. The highest BCUT2D eigenvalue weighted by Gasteiger charge is 2.16. The lowest BCUT2D eigenvalue weighted by molar-refractivity contribution is -0.119. The Morgan fingerprint density at radius 3 is 2.09 bits per heavy atom. The zero-order chi connectivity index (χ0) is 23.8. The monoisotopic (exact) mass is 476 g/mol. The number of anilines is 2. The van der Waals surface area contributed by atoms with Crippen LogP contribution in [-0.2, 0) is 19.6 Å². The molecule has 2 N–H and O–H groups in total. The SMILES string of the molecule is O=C(COC(=O)c1ccc(S(=O)(=O)Nc2ccccc2)cc1)Nc1ccc(OC(F)F)cc1. The molecule has 0 saturated carbocycles. The highest BCUT2D eigenvalue weighted by Crippen LogP contribution is 2.18. The smallest absolute Gasteiger partial charge is 0.387 e. The Labute approximate surface area is 188 Å². The largest absolute Gasteiger partial charge is 0.452 e. The lowest BCUT2D eigenvalue weighted by atomic mass is 10.2. The molecular weight excluding hydrogens is 458 g/mol. The van der Waals surface area contributed by atoms with Crippen molar-refractivity contribution in [2.75, 3.05) is 16.6 Å². The summed E-state index contributed by atoms with van der Waals surface area (Å²) in [4.78, 5) is 24.0. The third kappa shape index (κ3) is 7.01. The number of hydrogen-bond donors (Lipinski definition) is 2. The van der Waals surface area contributed by atoms with E-state index in [1.54, 1.807) is 30.3 Å². The third-order valence-corrected chi connectivity index (χ3v) is 5.52. The fourth-order valence-corrected chi connectivity index (χ4v) is 3.68. The molecule has 0 bridgehead atoms. The van der Waals surface area contributed by atoms with Crippen LogP contribution in [0.5, 0.6) is 5.75 Å². The van der Waals surface area contributed by atoms with Crippen LogP contribution < -0.4 is 14.8 Å². The Kier molecular flexibility index (Phi) is 7.57. The Morgan fingerprint density at radius 2 is 1.48 bits per heavy atom. The van der Waals surface area contributed by atoms with Crippen molar-refractivity contribution >= 4 is 33.3 Å². The molecule has 3 rings (SSSR count). The zero-order valence-electron chi connectivity index (χ0n) is 16.9. The summed E-state index contributed by atoms with van der Waals surface area (Å²) < 4.78 is 60.7. The number of benzene rings is 3. The highest BCUT2D eigenvalue weighted by atomic mass is 32.2. The zero-order valence-corrected chi connectivity index (χ0v) is 17.7. The first-order valence-corrected chi connectivity index (χ1v) is 10.9. The first-order chi connectivity index (χ1) is 15.7. The maximum atomic E-state index is 12.4. The molecule has 0 fully saturated rings. The molecule has 0 aromatic heterocycles. The van der Waals surface area contributed by atoms with E-state index in [1.165, 1.54) is 48.5 Å². The van der Waals surface area contributed by atoms with Gasteiger partial charge in [-0.3, -0.25) is 9.52 Å². The van der Waals surface area contributed by atoms with Gasteiger partial charge in [0.2, 0.25) is 0 Å². The standard InChI is InChI=1S/C22H18F2N2O6S/c23-22(24)32-18-10-8-16(9-11-18)25-20(27)14-31-21(28)15-6-12-19(13-7-15)33(29,30)26-17-4-2-1-3-5-17/h1-13,22,26H,14H2,(H,25,27). The average molecular weight is 476 g/mol. The van der Waals surface area contributed by atoms with Gasteiger partial charge in [0.05, 0.1) is 10.5 Å². The van der Waals surface area contributed by atoms with Crippen LogP contribution in [0.4, 0.5) is 20.2 Å². The van der Waals surface area contributed by atoms with Crippen LogP contribution in [0.2, 0.25) is 0 Å². The number of amides is 1. The molecule has 11 heteroatoms. The van der Waals surface area contributed by atoms with Gasteiger partial charge in [-0.2, -0.15) is 8.78 Å². The predicted octanol–water partition coefficient (Wildman–Crippen LogP) is 3.88. The van der Waals surface area contributed by atoms with Gasteiger partial charge in [0, 0.05) is 11.4 Å². The first kappa shape index (κ1) is 23.7. The molecule has 0 saturated heterocycles. The molecule has 0 heterocycles. The minimum atomic E-state index is -3.84. The number of carbonyl (C=O) groups excluding carboxylic acids is 2. The molecule has 0 atom stereocenters. The van der Waals surface area contributed by atoms with E-state index in [1.807, 2.05) is 0 Å². The topological polar surface area (TPSA) is 111 Å². The van der Waals surface area contributed by atoms with Crippen molar-refractivity contribution in [3.63, 3.8) is 0 Å². The summed E-state index contributed by atoms with van der Waals surface area (Å²) in [6.07, 6.45) is 0. The molecule has 0 spiro atoms. The Hall–Kier alpha value is -3.99. The van der Waals surface area contributed by atoms with Gasteiger partial charge in [-0.25, -0.2) is 13.2 Å². The van der Waals surface area contributed by atoms with Crippen molar-refractivity contribution < 1.29 is 36.3 Å². The molecule has 33 heavy (non-hydrogen) atoms. The van der Waals surface area contributed by atoms with E-state index < -0.39 is 35.1 Å². The number of para-hydroxylation sites is 1. The summed E-state index contributed by atoms with van der Waals surface area (Å²) in [5, 5.41) is 2.43. The Balaban J connectivity index is 1.52. The van der Waals surface area contributed by atoms with Crippen LogP contribution >= 0.6 is 0 Å². The molecule has 0 aliphatic carbocycles. The van der Waals surface area contributed by atoms with Crippen molar-refractivity contribution in [1.82, 2.24) is 0 Å². The molecule has 0 unspecified atom stereocenters. The van der Waals surface area contributed by atoms with Gasteiger partial charge in [-0.15, -0.1) is 0 Å². The average Bonchev–Trinajstić information content (AvgIpc) is 2.79. The highest BCUT2D eigenvalue weighted by molar-refractivity contribution is 7.92. The second-order valence-corrected chi connectivity index (χ2v) is 8.21. The molecule has 3 aromatic carbocycles. The predicted molar refractivity (Wildman–Crippen MR) is 116 cm³/mol. The molecular formula is C22H18F2N2O6S. The van der Waals surface area contributed by atoms with E-state index >= 15 is 0 Å².